The van der Waals surface area contributed by atoms with E-state index in [-0.39, 0.29) is 11.5 Å². The molecule has 0 fully saturated rings. The van der Waals surface area contributed by atoms with Crippen LogP contribution in [-0.2, 0) is 13.0 Å². The van der Waals surface area contributed by atoms with Crippen LogP contribution in [0, 0.1) is 0 Å². The van der Waals surface area contributed by atoms with Crippen molar-refractivity contribution in [2.75, 3.05) is 5.32 Å². The number of nitrogens with one attached hydrogen (secondary N) is 2. The summed E-state index contributed by atoms with van der Waals surface area (Å²) >= 11 is 6.15. The number of pyridine rings is 1. The number of benzene rings is 1. The van der Waals surface area contributed by atoms with Crippen LogP contribution < -0.4 is 10.9 Å². The van der Waals surface area contributed by atoms with Gasteiger partial charge >= 0.3 is 0 Å². The first-order valence-electron chi connectivity index (χ1n) is 7.86. The van der Waals surface area contributed by atoms with Gasteiger partial charge in [-0.3, -0.25) is 14.7 Å². The van der Waals surface area contributed by atoms with E-state index in [0.717, 1.165) is 17.7 Å². The Hall–Kier alpha value is -2.86. The predicted octanol–water partition coefficient (Wildman–Crippen LogP) is 3.09. The van der Waals surface area contributed by atoms with E-state index < -0.39 is 0 Å². The number of aromatic nitrogens is 3. The summed E-state index contributed by atoms with van der Waals surface area (Å²) in [5, 5.41) is 10.1. The molecule has 0 atom stereocenters. The number of anilines is 1. The summed E-state index contributed by atoms with van der Waals surface area (Å²) in [4.78, 5) is 24.3. The second-order valence-corrected chi connectivity index (χ2v) is 5.97. The first-order valence-corrected chi connectivity index (χ1v) is 8.24. The highest BCUT2D eigenvalue weighted by molar-refractivity contribution is 6.31. The molecule has 6 nitrogen and oxygen atoms in total. The number of aryl methyl sites for hydroxylation is 1. The molecule has 7 heteroatoms. The topological polar surface area (TPSA) is 79.8 Å². The van der Waals surface area contributed by atoms with Crippen molar-refractivity contribution in [3.05, 3.63) is 81.0 Å². The van der Waals surface area contributed by atoms with Gasteiger partial charge in [0.15, 0.2) is 5.69 Å². The number of carbonyl (C=O) groups excluding carboxylic acids is 1. The van der Waals surface area contributed by atoms with Crippen molar-refractivity contribution in [2.24, 2.45) is 0 Å². The fourth-order valence-corrected chi connectivity index (χ4v) is 2.59. The number of aromatic amines is 1. The Balaban J connectivity index is 1.80. The Morgan fingerprint density at radius 3 is 2.80 bits per heavy atom. The quantitative estimate of drug-likeness (QED) is 0.737. The van der Waals surface area contributed by atoms with Gasteiger partial charge in [0.1, 0.15) is 0 Å². The number of H-pyrrole nitrogens is 1. The van der Waals surface area contributed by atoms with Gasteiger partial charge in [-0.2, -0.15) is 5.10 Å². The number of hydrogen-bond acceptors (Lipinski definition) is 3. The summed E-state index contributed by atoms with van der Waals surface area (Å²) in [5.74, 6) is -0.334. The van der Waals surface area contributed by atoms with Crippen LogP contribution >= 0.6 is 11.6 Å². The first kappa shape index (κ1) is 17.0. The summed E-state index contributed by atoms with van der Waals surface area (Å²) in [6.07, 6.45) is 2.36. The molecule has 0 aliphatic heterocycles. The number of rotatable bonds is 5. The van der Waals surface area contributed by atoms with Crippen molar-refractivity contribution in [1.82, 2.24) is 14.8 Å². The number of carbonyl (C=O) groups is 1. The van der Waals surface area contributed by atoms with Crippen molar-refractivity contribution in [3.8, 4) is 0 Å². The lowest BCUT2D eigenvalue weighted by molar-refractivity contribution is 0.102. The lowest BCUT2D eigenvalue weighted by Crippen LogP contribution is -2.21. The fraction of sp³-hybridized carbons (Fsp3) is 0.167. The zero-order valence-corrected chi connectivity index (χ0v) is 14.4. The molecule has 2 heterocycles. The summed E-state index contributed by atoms with van der Waals surface area (Å²) in [6.45, 7) is 2.30. The average Bonchev–Trinajstić information content (AvgIpc) is 3.09. The summed E-state index contributed by atoms with van der Waals surface area (Å²) in [6, 6.07) is 12.0. The lowest BCUT2D eigenvalue weighted by atomic mass is 10.2. The molecule has 0 spiro atoms. The van der Waals surface area contributed by atoms with E-state index in [1.165, 1.54) is 10.6 Å². The van der Waals surface area contributed by atoms with Gasteiger partial charge in [-0.25, -0.2) is 0 Å². The minimum atomic E-state index is -0.334. The number of halogens is 1. The smallest absolute Gasteiger partial charge is 0.276 e. The average molecular weight is 357 g/mol. The van der Waals surface area contributed by atoms with E-state index in [1.54, 1.807) is 24.4 Å². The van der Waals surface area contributed by atoms with Gasteiger partial charge in [-0.05, 0) is 30.2 Å². The Morgan fingerprint density at radius 2 is 2.08 bits per heavy atom. The molecule has 0 bridgehead atoms. The van der Waals surface area contributed by atoms with Crippen LogP contribution in [-0.4, -0.2) is 20.7 Å². The van der Waals surface area contributed by atoms with Crippen LogP contribution in [0.15, 0.2) is 53.5 Å². The number of nitrogens with zero attached hydrogens (tertiary/aromatic N) is 2. The lowest BCUT2D eigenvalue weighted by Gasteiger charge is -2.10. The van der Waals surface area contributed by atoms with E-state index in [4.69, 9.17) is 11.6 Å². The molecule has 2 aromatic heterocycles. The van der Waals surface area contributed by atoms with Gasteiger partial charge in [0.25, 0.3) is 11.5 Å². The van der Waals surface area contributed by atoms with Gasteiger partial charge in [-0.1, -0.05) is 36.7 Å². The Morgan fingerprint density at radius 1 is 1.28 bits per heavy atom. The predicted molar refractivity (Wildman–Crippen MR) is 97.2 cm³/mol. The standard InChI is InChI=1S/C18H17ClN4O2/c1-2-13-9-16(22-21-13)18(25)20-14-7-8-17(24)23(11-14)10-12-5-3-4-6-15(12)19/h3-9,11H,2,10H2,1H3,(H,20,25)(H,21,22). The highest BCUT2D eigenvalue weighted by Crippen LogP contribution is 2.16. The molecule has 0 aliphatic carbocycles. The maximum atomic E-state index is 12.2. The van der Waals surface area contributed by atoms with E-state index in [9.17, 15) is 9.59 Å². The minimum Gasteiger partial charge on any atom is -0.319 e. The molecule has 2 N–H and O–H groups in total. The molecular formula is C18H17ClN4O2. The van der Waals surface area contributed by atoms with Crippen molar-refractivity contribution in [3.63, 3.8) is 0 Å². The summed E-state index contributed by atoms with van der Waals surface area (Å²) in [7, 11) is 0. The van der Waals surface area contributed by atoms with Crippen LogP contribution in [0.2, 0.25) is 5.02 Å². The highest BCUT2D eigenvalue weighted by atomic mass is 35.5. The molecule has 25 heavy (non-hydrogen) atoms. The van der Waals surface area contributed by atoms with Gasteiger partial charge in [0.05, 0.1) is 12.2 Å². The third kappa shape index (κ3) is 3.97. The van der Waals surface area contributed by atoms with E-state index >= 15 is 0 Å². The molecule has 128 valence electrons. The molecule has 1 amide bonds. The number of amides is 1. The summed E-state index contributed by atoms with van der Waals surface area (Å²) in [5.41, 5.74) is 2.35. The molecule has 0 saturated heterocycles. The molecule has 0 aliphatic rings. The largest absolute Gasteiger partial charge is 0.319 e. The second-order valence-electron chi connectivity index (χ2n) is 5.56. The third-order valence-corrected chi connectivity index (χ3v) is 4.15. The zero-order chi connectivity index (χ0) is 17.8. The normalized spacial score (nSPS) is 10.6. The van der Waals surface area contributed by atoms with E-state index in [2.05, 4.69) is 15.5 Å². The Labute approximate surface area is 149 Å². The SMILES string of the molecule is CCc1cc(C(=O)Nc2ccc(=O)n(Cc3ccccc3Cl)c2)n[nH]1. The molecule has 3 aromatic rings. The van der Waals surface area contributed by atoms with Crippen LogP contribution in [0.3, 0.4) is 0 Å². The fourth-order valence-electron chi connectivity index (χ4n) is 2.39. The second kappa shape index (κ2) is 7.36. The number of hydrogen-bond donors (Lipinski definition) is 2. The molecule has 0 radical (unpaired) electrons. The van der Waals surface area contributed by atoms with Gasteiger partial charge < -0.3 is 9.88 Å². The van der Waals surface area contributed by atoms with Gasteiger partial charge in [0, 0.05) is 23.0 Å². The molecule has 3 rings (SSSR count). The Kier molecular flexibility index (Phi) is 5.00. The van der Waals surface area contributed by atoms with E-state index in [1.807, 2.05) is 25.1 Å². The summed E-state index contributed by atoms with van der Waals surface area (Å²) < 4.78 is 1.50. The molecule has 1 aromatic carbocycles. The monoisotopic (exact) mass is 356 g/mol. The molecule has 0 saturated carbocycles. The van der Waals surface area contributed by atoms with Crippen LogP contribution in [0.1, 0.15) is 28.7 Å². The van der Waals surface area contributed by atoms with Crippen molar-refractivity contribution < 1.29 is 4.79 Å². The van der Waals surface area contributed by atoms with Crippen molar-refractivity contribution in [1.29, 1.82) is 0 Å². The van der Waals surface area contributed by atoms with Crippen molar-refractivity contribution >= 4 is 23.2 Å². The zero-order valence-electron chi connectivity index (χ0n) is 13.6. The minimum absolute atomic E-state index is 0.175. The van der Waals surface area contributed by atoms with Crippen molar-refractivity contribution in [2.45, 2.75) is 19.9 Å². The van der Waals surface area contributed by atoms with Gasteiger partial charge in [0.2, 0.25) is 0 Å². The first-order chi connectivity index (χ1) is 12.1. The Bertz CT molecular complexity index is 961. The van der Waals surface area contributed by atoms with Crippen LogP contribution in [0.5, 0.6) is 0 Å². The highest BCUT2D eigenvalue weighted by Gasteiger charge is 2.11. The molecule has 0 unspecified atom stereocenters. The van der Waals surface area contributed by atoms with E-state index in [0.29, 0.717) is 22.9 Å². The van der Waals surface area contributed by atoms with Crippen LogP contribution in [0.25, 0.3) is 0 Å². The third-order valence-electron chi connectivity index (χ3n) is 3.78. The molecular weight excluding hydrogens is 340 g/mol. The maximum Gasteiger partial charge on any atom is 0.276 e. The maximum absolute atomic E-state index is 12.2. The van der Waals surface area contributed by atoms with Crippen LogP contribution in [0.4, 0.5) is 5.69 Å². The van der Waals surface area contributed by atoms with Gasteiger partial charge in [-0.15, -0.1) is 0 Å².